The van der Waals surface area contributed by atoms with E-state index >= 15 is 8.78 Å². The molecule has 0 spiro atoms. The van der Waals surface area contributed by atoms with Gasteiger partial charge in [-0.3, -0.25) is 4.79 Å². The van der Waals surface area contributed by atoms with Crippen LogP contribution in [0.2, 0.25) is 0 Å². The van der Waals surface area contributed by atoms with Crippen LogP contribution in [0.4, 0.5) is 19.3 Å². The van der Waals surface area contributed by atoms with Crippen LogP contribution < -0.4 is 15.6 Å². The Labute approximate surface area is 200 Å². The number of carboxylic acids is 1. The molecule has 0 radical (unpaired) electrons. The number of rotatable bonds is 6. The van der Waals surface area contributed by atoms with E-state index in [9.17, 15) is 24.6 Å². The average molecular weight is 494 g/mol. The number of hydrogen-bond donors (Lipinski definition) is 3. The number of fused-ring (bicyclic) bond motifs is 1. The van der Waals surface area contributed by atoms with Gasteiger partial charge in [0.05, 0.1) is 23.6 Å². The van der Waals surface area contributed by atoms with Crippen LogP contribution in [0.5, 0.6) is 0 Å². The van der Waals surface area contributed by atoms with E-state index in [4.69, 9.17) is 4.74 Å². The fraction of sp³-hybridized carbons (Fsp3) is 0.542. The molecule has 0 bridgehead atoms. The molecular formula is C24H29F2N3O6. The number of nitrogens with zero attached hydrogens (tertiary/aromatic N) is 2. The quantitative estimate of drug-likeness (QED) is 0.566. The van der Waals surface area contributed by atoms with Crippen LogP contribution >= 0.6 is 0 Å². The maximum atomic E-state index is 15.9. The van der Waals surface area contributed by atoms with E-state index < -0.39 is 52.9 Å². The average Bonchev–Trinajstić information content (AvgIpc) is 3.52. The van der Waals surface area contributed by atoms with Crippen molar-refractivity contribution in [1.82, 2.24) is 9.88 Å². The van der Waals surface area contributed by atoms with Crippen molar-refractivity contribution in [3.05, 3.63) is 39.7 Å². The number of alkyl carbamates (subject to hydrolysis) is 1. The number of pyridine rings is 1. The van der Waals surface area contributed by atoms with Crippen molar-refractivity contribution in [1.29, 1.82) is 0 Å². The first-order valence-electron chi connectivity index (χ1n) is 11.6. The largest absolute Gasteiger partial charge is 0.477 e. The summed E-state index contributed by atoms with van der Waals surface area (Å²) < 4.78 is 37.8. The number of aliphatic hydroxyl groups is 1. The third kappa shape index (κ3) is 4.82. The smallest absolute Gasteiger partial charge is 0.407 e. The molecule has 1 saturated heterocycles. The number of carbonyl (C=O) groups excluding carboxylic acids is 1. The van der Waals surface area contributed by atoms with Crippen LogP contribution in [-0.4, -0.2) is 58.2 Å². The second-order valence-electron chi connectivity index (χ2n) is 10.1. The van der Waals surface area contributed by atoms with Crippen LogP contribution in [0, 0.1) is 17.6 Å². The number of carboxylic acid groups (broad SMARTS) is 1. The zero-order chi connectivity index (χ0) is 25.7. The van der Waals surface area contributed by atoms with E-state index in [1.54, 1.807) is 20.8 Å². The summed E-state index contributed by atoms with van der Waals surface area (Å²) in [5, 5.41) is 21.8. The monoisotopic (exact) mass is 493 g/mol. The van der Waals surface area contributed by atoms with E-state index in [-0.39, 0.29) is 41.6 Å². The zero-order valence-electron chi connectivity index (χ0n) is 19.8. The van der Waals surface area contributed by atoms with Crippen LogP contribution in [0.1, 0.15) is 56.4 Å². The van der Waals surface area contributed by atoms with Gasteiger partial charge in [0.15, 0.2) is 5.82 Å². The second-order valence-corrected chi connectivity index (χ2v) is 10.1. The van der Waals surface area contributed by atoms with Crippen molar-refractivity contribution >= 4 is 28.7 Å². The molecule has 2 aromatic rings. The van der Waals surface area contributed by atoms with Gasteiger partial charge in [0.2, 0.25) is 5.43 Å². The Kier molecular flexibility index (Phi) is 6.48. The van der Waals surface area contributed by atoms with Gasteiger partial charge >= 0.3 is 12.1 Å². The van der Waals surface area contributed by atoms with Gasteiger partial charge in [-0.15, -0.1) is 0 Å². The van der Waals surface area contributed by atoms with Gasteiger partial charge in [-0.1, -0.05) is 0 Å². The highest BCUT2D eigenvalue weighted by molar-refractivity contribution is 5.94. The molecule has 1 aliphatic carbocycles. The fourth-order valence-electron chi connectivity index (χ4n) is 4.70. The third-order valence-electron chi connectivity index (χ3n) is 6.42. The number of anilines is 1. The first kappa shape index (κ1) is 24.9. The molecule has 190 valence electrons. The van der Waals surface area contributed by atoms with E-state index in [1.165, 1.54) is 9.47 Å². The number of nitrogens with one attached hydrogen (secondary N) is 1. The lowest BCUT2D eigenvalue weighted by Gasteiger charge is -2.30. The summed E-state index contributed by atoms with van der Waals surface area (Å²) in [5.41, 5.74) is -2.71. The van der Waals surface area contributed by atoms with Gasteiger partial charge < -0.3 is 29.7 Å². The highest BCUT2D eigenvalue weighted by Gasteiger charge is 2.38. The number of aromatic nitrogens is 1. The summed E-state index contributed by atoms with van der Waals surface area (Å²) in [5.74, 6) is -3.75. The molecule has 2 unspecified atom stereocenters. The van der Waals surface area contributed by atoms with Crippen molar-refractivity contribution in [2.45, 2.75) is 57.7 Å². The maximum absolute atomic E-state index is 15.9. The maximum Gasteiger partial charge on any atom is 0.407 e. The number of carbonyl (C=O) groups is 2. The predicted molar refractivity (Wildman–Crippen MR) is 124 cm³/mol. The number of aliphatic hydroxyl groups excluding tert-OH is 1. The fourth-order valence-corrected chi connectivity index (χ4v) is 4.70. The minimum atomic E-state index is -1.46. The number of aromatic carboxylic acids is 1. The van der Waals surface area contributed by atoms with E-state index in [1.807, 2.05) is 0 Å². The molecule has 2 aliphatic rings. The van der Waals surface area contributed by atoms with Gasteiger partial charge in [0.25, 0.3) is 0 Å². The Morgan fingerprint density at radius 2 is 1.91 bits per heavy atom. The molecule has 1 saturated carbocycles. The number of hydrogen-bond acceptors (Lipinski definition) is 6. The molecule has 35 heavy (non-hydrogen) atoms. The molecule has 2 atom stereocenters. The van der Waals surface area contributed by atoms with Crippen molar-refractivity contribution < 1.29 is 33.3 Å². The van der Waals surface area contributed by atoms with Crippen LogP contribution in [-0.2, 0) is 4.74 Å². The predicted octanol–water partition coefficient (Wildman–Crippen LogP) is 3.02. The summed E-state index contributed by atoms with van der Waals surface area (Å²) in [6.45, 7) is 5.13. The highest BCUT2D eigenvalue weighted by Crippen LogP contribution is 2.41. The number of benzene rings is 1. The molecule has 1 amide bonds. The molecule has 4 rings (SSSR count). The van der Waals surface area contributed by atoms with Gasteiger partial charge in [0.1, 0.15) is 22.7 Å². The molecule has 1 aliphatic heterocycles. The summed E-state index contributed by atoms with van der Waals surface area (Å²) in [7, 11) is 0. The summed E-state index contributed by atoms with van der Waals surface area (Å²) in [6.07, 6.45) is 2.31. The van der Waals surface area contributed by atoms with E-state index in [2.05, 4.69) is 5.32 Å². The molecule has 9 nitrogen and oxygen atoms in total. The molecule has 11 heteroatoms. The summed E-state index contributed by atoms with van der Waals surface area (Å²) >= 11 is 0. The van der Waals surface area contributed by atoms with Crippen LogP contribution in [0.3, 0.4) is 0 Å². The number of ether oxygens (including phenoxy) is 1. The Bertz CT molecular complexity index is 1230. The highest BCUT2D eigenvalue weighted by atomic mass is 19.1. The van der Waals surface area contributed by atoms with Crippen molar-refractivity contribution in [3.8, 4) is 0 Å². The van der Waals surface area contributed by atoms with Crippen LogP contribution in [0.25, 0.3) is 10.9 Å². The third-order valence-corrected chi connectivity index (χ3v) is 6.42. The van der Waals surface area contributed by atoms with Crippen molar-refractivity contribution in [3.63, 3.8) is 0 Å². The lowest BCUT2D eigenvalue weighted by Crippen LogP contribution is -2.42. The van der Waals surface area contributed by atoms with Crippen LogP contribution in [0.15, 0.2) is 17.1 Å². The van der Waals surface area contributed by atoms with Crippen molar-refractivity contribution in [2.24, 2.45) is 5.92 Å². The Hall–Kier alpha value is -3.21. The topological polar surface area (TPSA) is 121 Å². The molecule has 2 fully saturated rings. The molecule has 1 aromatic heterocycles. The Morgan fingerprint density at radius 3 is 2.49 bits per heavy atom. The van der Waals surface area contributed by atoms with Gasteiger partial charge in [-0.05, 0) is 46.1 Å². The van der Waals surface area contributed by atoms with E-state index in [0.717, 1.165) is 12.3 Å². The molecule has 2 heterocycles. The Balaban J connectivity index is 1.70. The second kappa shape index (κ2) is 9.10. The van der Waals surface area contributed by atoms with Gasteiger partial charge in [-0.25, -0.2) is 18.4 Å². The molecule has 1 aromatic carbocycles. The molecule has 3 N–H and O–H groups in total. The number of halogens is 2. The Morgan fingerprint density at radius 1 is 1.23 bits per heavy atom. The normalized spacial score (nSPS) is 20.3. The minimum absolute atomic E-state index is 0.141. The van der Waals surface area contributed by atoms with Crippen molar-refractivity contribution in [2.75, 3.05) is 24.6 Å². The van der Waals surface area contributed by atoms with E-state index in [0.29, 0.717) is 19.3 Å². The lowest BCUT2D eigenvalue weighted by molar-refractivity contribution is 0.0515. The summed E-state index contributed by atoms with van der Waals surface area (Å²) in [6, 6.07) is 0.00930. The van der Waals surface area contributed by atoms with Gasteiger partial charge in [-0.2, -0.15) is 0 Å². The van der Waals surface area contributed by atoms with Gasteiger partial charge in [0, 0.05) is 31.2 Å². The minimum Gasteiger partial charge on any atom is -0.477 e. The summed E-state index contributed by atoms with van der Waals surface area (Å²) in [4.78, 5) is 37.7. The first-order chi connectivity index (χ1) is 16.4. The SMILES string of the molecule is CC(C)(C)OC(=O)NCC1CCN(c2c(F)cc3c(=O)c(C(=O)O)cn(C4CC4)c3c2F)C1CO. The first-order valence-corrected chi connectivity index (χ1v) is 11.6. The number of amides is 1. The lowest BCUT2D eigenvalue weighted by atomic mass is 10.0. The zero-order valence-corrected chi connectivity index (χ0v) is 19.8. The standard InChI is InChI=1S/C24H29F2N3O6/c1-24(2,3)35-23(34)27-9-12-6-7-28(17(12)11-30)20-16(25)8-14-19(18(20)26)29(13-4-5-13)10-15(21(14)31)22(32)33/h8,10,12-13,17,30H,4-7,9,11H2,1-3H3,(H,27,34)(H,32,33). The molecular weight excluding hydrogens is 464 g/mol.